The van der Waals surface area contributed by atoms with Crippen LogP contribution in [0.15, 0.2) is 29.9 Å². The molecule has 6 heteroatoms. The first-order valence-corrected chi connectivity index (χ1v) is 7.32. The van der Waals surface area contributed by atoms with Crippen molar-refractivity contribution in [3.63, 3.8) is 0 Å². The Morgan fingerprint density at radius 2 is 2.25 bits per heavy atom. The zero-order chi connectivity index (χ0) is 14.3. The van der Waals surface area contributed by atoms with Crippen molar-refractivity contribution in [2.45, 2.75) is 19.9 Å². The van der Waals surface area contributed by atoms with Gasteiger partial charge in [-0.1, -0.05) is 0 Å². The molecular weight excluding hydrogens is 272 g/mol. The molecule has 0 atom stereocenters. The standard InChI is InChI=1S/C14H16N4OS/c1-9(2)18-8-10(7-15-18)16-14(19)12-6-13-11(17(12)3)4-5-20-13/h4-9H,1-3H3,(H,16,19). The van der Waals surface area contributed by atoms with Crippen molar-refractivity contribution in [2.24, 2.45) is 7.05 Å². The third-order valence-electron chi connectivity index (χ3n) is 3.28. The number of thiophene rings is 1. The summed E-state index contributed by atoms with van der Waals surface area (Å²) in [5.74, 6) is -0.112. The van der Waals surface area contributed by atoms with E-state index in [1.165, 1.54) is 0 Å². The molecule has 5 nitrogen and oxygen atoms in total. The zero-order valence-corrected chi connectivity index (χ0v) is 12.4. The van der Waals surface area contributed by atoms with E-state index >= 15 is 0 Å². The summed E-state index contributed by atoms with van der Waals surface area (Å²) in [5.41, 5.74) is 2.45. The predicted molar refractivity (Wildman–Crippen MR) is 81.4 cm³/mol. The molecule has 0 radical (unpaired) electrons. The quantitative estimate of drug-likeness (QED) is 0.804. The number of rotatable bonds is 3. The SMILES string of the molecule is CC(C)n1cc(NC(=O)c2cc3sccc3n2C)cn1. The highest BCUT2D eigenvalue weighted by Gasteiger charge is 2.15. The molecule has 1 N–H and O–H groups in total. The van der Waals surface area contributed by atoms with E-state index in [1.54, 1.807) is 17.5 Å². The van der Waals surface area contributed by atoms with Gasteiger partial charge in [-0.05, 0) is 31.4 Å². The molecule has 0 unspecified atom stereocenters. The van der Waals surface area contributed by atoms with E-state index < -0.39 is 0 Å². The Kier molecular flexibility index (Phi) is 3.10. The van der Waals surface area contributed by atoms with Crippen molar-refractivity contribution < 1.29 is 4.79 Å². The molecule has 0 spiro atoms. The van der Waals surface area contributed by atoms with Crippen LogP contribution in [0.2, 0.25) is 0 Å². The second-order valence-corrected chi connectivity index (χ2v) is 5.96. The Balaban J connectivity index is 1.84. The third-order valence-corrected chi connectivity index (χ3v) is 4.14. The molecule has 0 fully saturated rings. The highest BCUT2D eigenvalue weighted by molar-refractivity contribution is 7.17. The fraction of sp³-hybridized carbons (Fsp3) is 0.286. The number of carbonyl (C=O) groups excluding carboxylic acids is 1. The summed E-state index contributed by atoms with van der Waals surface area (Å²) in [6.45, 7) is 4.09. The Morgan fingerprint density at radius 3 is 2.90 bits per heavy atom. The van der Waals surface area contributed by atoms with Crippen LogP contribution in [0.25, 0.3) is 10.2 Å². The summed E-state index contributed by atoms with van der Waals surface area (Å²) in [4.78, 5) is 12.3. The zero-order valence-electron chi connectivity index (χ0n) is 11.6. The van der Waals surface area contributed by atoms with E-state index in [0.717, 1.165) is 10.2 Å². The smallest absolute Gasteiger partial charge is 0.272 e. The monoisotopic (exact) mass is 288 g/mol. The van der Waals surface area contributed by atoms with Gasteiger partial charge in [0.25, 0.3) is 5.91 Å². The van der Waals surface area contributed by atoms with Gasteiger partial charge >= 0.3 is 0 Å². The van der Waals surface area contributed by atoms with Gasteiger partial charge < -0.3 is 9.88 Å². The minimum absolute atomic E-state index is 0.112. The molecule has 0 saturated heterocycles. The molecule has 0 aliphatic heterocycles. The van der Waals surface area contributed by atoms with Gasteiger partial charge in [0.2, 0.25) is 0 Å². The summed E-state index contributed by atoms with van der Waals surface area (Å²) in [7, 11) is 1.90. The summed E-state index contributed by atoms with van der Waals surface area (Å²) in [6.07, 6.45) is 3.51. The van der Waals surface area contributed by atoms with Crippen molar-refractivity contribution >= 4 is 33.1 Å². The van der Waals surface area contributed by atoms with Crippen LogP contribution in [0.5, 0.6) is 0 Å². The number of nitrogens with zero attached hydrogens (tertiary/aromatic N) is 3. The Bertz CT molecular complexity index is 765. The molecule has 1 amide bonds. The fourth-order valence-electron chi connectivity index (χ4n) is 2.15. The largest absolute Gasteiger partial charge is 0.339 e. The second-order valence-electron chi connectivity index (χ2n) is 5.02. The van der Waals surface area contributed by atoms with E-state index in [1.807, 2.05) is 53.9 Å². The topological polar surface area (TPSA) is 51.9 Å². The summed E-state index contributed by atoms with van der Waals surface area (Å²) in [6, 6.07) is 4.22. The Morgan fingerprint density at radius 1 is 1.45 bits per heavy atom. The lowest BCUT2D eigenvalue weighted by Crippen LogP contribution is -2.15. The van der Waals surface area contributed by atoms with Gasteiger partial charge in [-0.25, -0.2) is 0 Å². The van der Waals surface area contributed by atoms with Crippen LogP contribution in [-0.4, -0.2) is 20.3 Å². The minimum Gasteiger partial charge on any atom is -0.339 e. The first kappa shape index (κ1) is 12.9. The maximum Gasteiger partial charge on any atom is 0.272 e. The van der Waals surface area contributed by atoms with Gasteiger partial charge in [0.15, 0.2) is 0 Å². The minimum atomic E-state index is -0.112. The number of aryl methyl sites for hydroxylation is 1. The molecular formula is C14H16N4OS. The number of anilines is 1. The molecule has 3 heterocycles. The number of hydrogen-bond acceptors (Lipinski definition) is 3. The highest BCUT2D eigenvalue weighted by Crippen LogP contribution is 2.24. The van der Waals surface area contributed by atoms with Gasteiger partial charge in [-0.3, -0.25) is 9.48 Å². The summed E-state index contributed by atoms with van der Waals surface area (Å²) < 4.78 is 4.85. The lowest BCUT2D eigenvalue weighted by molar-refractivity contribution is 0.101. The molecule has 0 aliphatic carbocycles. The van der Waals surface area contributed by atoms with E-state index in [4.69, 9.17) is 0 Å². The molecule has 3 aromatic rings. The van der Waals surface area contributed by atoms with E-state index in [9.17, 15) is 4.79 Å². The van der Waals surface area contributed by atoms with Gasteiger partial charge in [0.05, 0.1) is 22.1 Å². The first-order valence-electron chi connectivity index (χ1n) is 6.44. The normalized spacial score (nSPS) is 11.4. The molecule has 3 rings (SSSR count). The predicted octanol–water partition coefficient (Wildman–Crippen LogP) is 3.27. The van der Waals surface area contributed by atoms with Gasteiger partial charge in [-0.15, -0.1) is 11.3 Å². The first-order chi connectivity index (χ1) is 9.56. The number of nitrogens with one attached hydrogen (secondary N) is 1. The van der Waals surface area contributed by atoms with Crippen LogP contribution in [0.3, 0.4) is 0 Å². The van der Waals surface area contributed by atoms with Crippen molar-refractivity contribution in [1.29, 1.82) is 0 Å². The Hall–Kier alpha value is -2.08. The summed E-state index contributed by atoms with van der Waals surface area (Å²) >= 11 is 1.64. The second kappa shape index (κ2) is 4.79. The van der Waals surface area contributed by atoms with Gasteiger partial charge in [0, 0.05) is 19.3 Å². The summed E-state index contributed by atoms with van der Waals surface area (Å²) in [5, 5.41) is 9.13. The van der Waals surface area contributed by atoms with E-state index in [-0.39, 0.29) is 11.9 Å². The number of carbonyl (C=O) groups is 1. The van der Waals surface area contributed by atoms with Crippen molar-refractivity contribution in [2.75, 3.05) is 5.32 Å². The number of amides is 1. The average Bonchev–Trinajstić information content (AvgIpc) is 3.07. The number of fused-ring (bicyclic) bond motifs is 1. The Labute approximate surface area is 120 Å². The van der Waals surface area contributed by atoms with Crippen LogP contribution < -0.4 is 5.32 Å². The molecule has 0 saturated carbocycles. The van der Waals surface area contributed by atoms with Crippen LogP contribution in [0.1, 0.15) is 30.4 Å². The number of aromatic nitrogens is 3. The molecule has 0 aliphatic rings. The maximum atomic E-state index is 12.3. The molecule has 104 valence electrons. The van der Waals surface area contributed by atoms with Crippen molar-refractivity contribution in [1.82, 2.24) is 14.3 Å². The van der Waals surface area contributed by atoms with Crippen LogP contribution in [0.4, 0.5) is 5.69 Å². The molecule has 3 aromatic heterocycles. The third kappa shape index (κ3) is 2.12. The van der Waals surface area contributed by atoms with Crippen LogP contribution >= 0.6 is 11.3 Å². The van der Waals surface area contributed by atoms with Gasteiger partial charge in [-0.2, -0.15) is 5.10 Å². The fourth-order valence-corrected chi connectivity index (χ4v) is 3.00. The highest BCUT2D eigenvalue weighted by atomic mass is 32.1. The molecule has 0 aromatic carbocycles. The van der Waals surface area contributed by atoms with Crippen LogP contribution in [-0.2, 0) is 7.05 Å². The average molecular weight is 288 g/mol. The van der Waals surface area contributed by atoms with E-state index in [0.29, 0.717) is 11.4 Å². The van der Waals surface area contributed by atoms with Crippen molar-refractivity contribution in [3.8, 4) is 0 Å². The lowest BCUT2D eigenvalue weighted by Gasteiger charge is -2.05. The molecule has 0 bridgehead atoms. The molecule has 20 heavy (non-hydrogen) atoms. The maximum absolute atomic E-state index is 12.3. The van der Waals surface area contributed by atoms with Gasteiger partial charge in [0.1, 0.15) is 5.69 Å². The van der Waals surface area contributed by atoms with Crippen molar-refractivity contribution in [3.05, 3.63) is 35.6 Å². The van der Waals surface area contributed by atoms with E-state index in [2.05, 4.69) is 10.4 Å². The lowest BCUT2D eigenvalue weighted by atomic mass is 10.4. The van der Waals surface area contributed by atoms with Crippen LogP contribution in [0, 0.1) is 0 Å². The number of hydrogen-bond donors (Lipinski definition) is 1.